The van der Waals surface area contributed by atoms with Crippen molar-refractivity contribution in [2.75, 3.05) is 0 Å². The van der Waals surface area contributed by atoms with E-state index in [1.807, 2.05) is 0 Å². The van der Waals surface area contributed by atoms with Crippen molar-refractivity contribution in [2.24, 2.45) is 0 Å². The van der Waals surface area contributed by atoms with E-state index in [2.05, 4.69) is 172 Å². The summed E-state index contributed by atoms with van der Waals surface area (Å²) in [7, 11) is 0. The third-order valence-corrected chi connectivity index (χ3v) is 14.8. The Bertz CT molecular complexity index is 3110. The fourth-order valence-corrected chi connectivity index (χ4v) is 12.0. The van der Waals surface area contributed by atoms with E-state index in [4.69, 9.17) is 9.97 Å². The summed E-state index contributed by atoms with van der Waals surface area (Å²) in [6.45, 7) is 4.85. The number of rotatable bonds is 4. The van der Waals surface area contributed by atoms with Gasteiger partial charge in [-0.25, -0.2) is 9.97 Å². The van der Waals surface area contributed by atoms with Crippen molar-refractivity contribution in [3.63, 3.8) is 0 Å². The maximum absolute atomic E-state index is 5.24. The molecule has 0 saturated heterocycles. The first-order valence-electron chi connectivity index (χ1n) is 20.9. The number of hydrogen-bond donors (Lipinski definition) is 0. The molecule has 1 fully saturated rings. The summed E-state index contributed by atoms with van der Waals surface area (Å²) in [6.07, 6.45) is 6.43. The van der Waals surface area contributed by atoms with Gasteiger partial charge in [-0.2, -0.15) is 0 Å². The normalized spacial score (nSPS) is 15.7. The average molecular weight is 763 g/mol. The molecule has 3 aliphatic carbocycles. The lowest BCUT2D eigenvalue weighted by molar-refractivity contribution is 0.353. The highest BCUT2D eigenvalue weighted by Crippen LogP contribution is 2.60. The van der Waals surface area contributed by atoms with Crippen molar-refractivity contribution in [3.8, 4) is 67.2 Å². The second-order valence-electron chi connectivity index (χ2n) is 17.2. The van der Waals surface area contributed by atoms with Crippen LogP contribution in [0.15, 0.2) is 158 Å². The number of benzene rings is 7. The molecule has 3 aliphatic rings. The maximum Gasteiger partial charge on any atom is 0.161 e. The van der Waals surface area contributed by atoms with Gasteiger partial charge in [-0.15, -0.1) is 11.3 Å². The Morgan fingerprint density at radius 1 is 0.466 bits per heavy atom. The molecule has 7 aromatic carbocycles. The molecule has 1 saturated carbocycles. The quantitative estimate of drug-likeness (QED) is 0.178. The Morgan fingerprint density at radius 3 is 2.00 bits per heavy atom. The lowest BCUT2D eigenvalue weighted by atomic mass is 9.67. The van der Waals surface area contributed by atoms with Crippen LogP contribution in [0.25, 0.3) is 87.5 Å². The fourth-order valence-electron chi connectivity index (χ4n) is 10.9. The van der Waals surface area contributed by atoms with Gasteiger partial charge in [0, 0.05) is 37.4 Å². The highest BCUT2D eigenvalue weighted by molar-refractivity contribution is 7.25. The molecule has 2 aromatic heterocycles. The maximum atomic E-state index is 5.24. The number of fused-ring (bicyclic) bond motifs is 11. The lowest BCUT2D eigenvalue weighted by Crippen LogP contribution is -2.28. The SMILES string of the molecule is CC1(C)c2cc3c(cc2-c2c(-c4cccc(-c5ccc(-c6nc(-c7ccccc7)c7c(n6)sc6ccccc67)cc5)c4)cccc21)C1(CCCCC1)c1ccccc1-3. The van der Waals surface area contributed by atoms with Crippen LogP contribution in [0.1, 0.15) is 68.2 Å². The predicted molar refractivity (Wildman–Crippen MR) is 244 cm³/mol. The number of thiophene rings is 1. The van der Waals surface area contributed by atoms with Crippen LogP contribution in [0.3, 0.4) is 0 Å². The van der Waals surface area contributed by atoms with E-state index in [9.17, 15) is 0 Å². The minimum absolute atomic E-state index is 0.0955. The Hall–Kier alpha value is -6.16. The zero-order chi connectivity index (χ0) is 38.6. The van der Waals surface area contributed by atoms with Crippen molar-refractivity contribution in [3.05, 3.63) is 180 Å². The van der Waals surface area contributed by atoms with Gasteiger partial charge in [0.25, 0.3) is 0 Å². The monoisotopic (exact) mass is 762 g/mol. The molecule has 0 unspecified atom stereocenters. The van der Waals surface area contributed by atoms with E-state index in [0.29, 0.717) is 0 Å². The summed E-state index contributed by atoms with van der Waals surface area (Å²) in [6, 6.07) is 58.6. The van der Waals surface area contributed by atoms with E-state index < -0.39 is 0 Å². The molecule has 1 spiro atoms. The van der Waals surface area contributed by atoms with E-state index in [1.165, 1.54) is 97.8 Å². The number of aromatic nitrogens is 2. The first kappa shape index (κ1) is 33.9. The van der Waals surface area contributed by atoms with E-state index in [-0.39, 0.29) is 10.8 Å². The molecular weight excluding hydrogens is 721 g/mol. The van der Waals surface area contributed by atoms with E-state index >= 15 is 0 Å². The van der Waals surface area contributed by atoms with Crippen LogP contribution in [-0.2, 0) is 10.8 Å². The molecule has 12 rings (SSSR count). The van der Waals surface area contributed by atoms with Gasteiger partial charge in [-0.05, 0) is 104 Å². The molecule has 0 aliphatic heterocycles. The van der Waals surface area contributed by atoms with Gasteiger partial charge < -0.3 is 0 Å². The minimum atomic E-state index is -0.0955. The molecule has 2 heterocycles. The molecular formula is C55H42N2S. The van der Waals surface area contributed by atoms with Crippen LogP contribution >= 0.6 is 11.3 Å². The molecule has 3 heteroatoms. The van der Waals surface area contributed by atoms with Crippen LogP contribution in [0.5, 0.6) is 0 Å². The van der Waals surface area contributed by atoms with Gasteiger partial charge in [0.05, 0.1) is 5.69 Å². The number of nitrogens with zero attached hydrogens (tertiary/aromatic N) is 2. The highest BCUT2D eigenvalue weighted by Gasteiger charge is 2.46. The van der Waals surface area contributed by atoms with Crippen LogP contribution in [0, 0.1) is 0 Å². The molecule has 0 atom stereocenters. The summed E-state index contributed by atoms with van der Waals surface area (Å²) in [5, 5.41) is 2.34. The molecule has 0 N–H and O–H groups in total. The number of hydrogen-bond acceptors (Lipinski definition) is 3. The third-order valence-electron chi connectivity index (χ3n) is 13.7. The van der Waals surface area contributed by atoms with Gasteiger partial charge in [-0.1, -0.05) is 167 Å². The molecule has 0 amide bonds. The zero-order valence-corrected chi connectivity index (χ0v) is 33.7. The summed E-state index contributed by atoms with van der Waals surface area (Å²) in [5.74, 6) is 0.754. The summed E-state index contributed by atoms with van der Waals surface area (Å²) in [4.78, 5) is 11.4. The average Bonchev–Trinajstić information content (AvgIpc) is 3.86. The standard InChI is InChI=1S/C55H42N2S/c1-54(2)45-23-14-21-39(49(45)43-33-47-42(32-46(43)54)40-19-7-9-22-44(40)55(47)29-11-4-12-30-55)38-18-13-17-37(31-38)34-25-27-36(28-26-34)52-56-51(35-15-5-3-6-16-35)50-41-20-8-10-24-48(41)58-53(50)57-52/h3,5-10,13-28,31-33H,4,11-12,29-30H2,1-2H3. The van der Waals surface area contributed by atoms with Gasteiger partial charge in [0.2, 0.25) is 0 Å². The van der Waals surface area contributed by atoms with Crippen molar-refractivity contribution >= 4 is 31.6 Å². The third kappa shape index (κ3) is 4.90. The molecule has 2 nitrogen and oxygen atoms in total. The van der Waals surface area contributed by atoms with Crippen molar-refractivity contribution < 1.29 is 0 Å². The molecule has 278 valence electrons. The Morgan fingerprint density at radius 2 is 1.14 bits per heavy atom. The Labute approximate surface area is 343 Å². The van der Waals surface area contributed by atoms with Gasteiger partial charge in [0.1, 0.15) is 4.83 Å². The first-order valence-corrected chi connectivity index (χ1v) is 21.7. The van der Waals surface area contributed by atoms with Crippen LogP contribution < -0.4 is 0 Å². The highest BCUT2D eigenvalue weighted by atomic mass is 32.1. The minimum Gasteiger partial charge on any atom is -0.227 e. The lowest BCUT2D eigenvalue weighted by Gasteiger charge is -2.36. The largest absolute Gasteiger partial charge is 0.227 e. The Balaban J connectivity index is 0.942. The molecule has 58 heavy (non-hydrogen) atoms. The zero-order valence-electron chi connectivity index (χ0n) is 32.8. The Kier molecular flexibility index (Phi) is 7.41. The van der Waals surface area contributed by atoms with Crippen molar-refractivity contribution in [1.29, 1.82) is 0 Å². The van der Waals surface area contributed by atoms with Crippen LogP contribution in [0.2, 0.25) is 0 Å². The van der Waals surface area contributed by atoms with E-state index in [1.54, 1.807) is 22.5 Å². The molecule has 9 aromatic rings. The predicted octanol–water partition coefficient (Wildman–Crippen LogP) is 15.0. The summed E-state index contributed by atoms with van der Waals surface area (Å²) in [5.41, 5.74) is 19.8. The van der Waals surface area contributed by atoms with Crippen LogP contribution in [-0.4, -0.2) is 9.97 Å². The smallest absolute Gasteiger partial charge is 0.161 e. The molecule has 0 radical (unpaired) electrons. The van der Waals surface area contributed by atoms with Crippen LogP contribution in [0.4, 0.5) is 0 Å². The van der Waals surface area contributed by atoms with Gasteiger partial charge in [0.15, 0.2) is 5.82 Å². The van der Waals surface area contributed by atoms with Gasteiger partial charge in [-0.3, -0.25) is 0 Å². The van der Waals surface area contributed by atoms with E-state index in [0.717, 1.165) is 32.9 Å². The second kappa shape index (κ2) is 12.7. The first-order chi connectivity index (χ1) is 28.5. The topological polar surface area (TPSA) is 25.8 Å². The summed E-state index contributed by atoms with van der Waals surface area (Å²) < 4.78 is 1.23. The van der Waals surface area contributed by atoms with Crippen molar-refractivity contribution in [1.82, 2.24) is 9.97 Å². The second-order valence-corrected chi connectivity index (χ2v) is 18.2. The van der Waals surface area contributed by atoms with Gasteiger partial charge >= 0.3 is 0 Å². The fraction of sp³-hybridized carbons (Fsp3) is 0.164. The summed E-state index contributed by atoms with van der Waals surface area (Å²) >= 11 is 1.74. The van der Waals surface area contributed by atoms with Crippen molar-refractivity contribution in [2.45, 2.75) is 56.8 Å². The molecule has 0 bridgehead atoms.